The molecule has 0 saturated carbocycles. The Morgan fingerprint density at radius 3 is 2.83 bits per heavy atom. The van der Waals surface area contributed by atoms with Gasteiger partial charge in [-0.2, -0.15) is 0 Å². The number of likely N-dealkylation sites (N-methyl/N-ethyl adjacent to an activating group) is 1. The van der Waals surface area contributed by atoms with Gasteiger partial charge in [0.2, 0.25) is 0 Å². The lowest BCUT2D eigenvalue weighted by atomic mass is 10.2. The molecule has 18 heavy (non-hydrogen) atoms. The molecular weight excluding hydrogens is 314 g/mol. The second-order valence-electron chi connectivity index (χ2n) is 4.74. The zero-order chi connectivity index (χ0) is 13.0. The van der Waals surface area contributed by atoms with Crippen LogP contribution in [0.25, 0.3) is 0 Å². The molecule has 100 valence electrons. The maximum absolute atomic E-state index is 5.98. The van der Waals surface area contributed by atoms with Crippen molar-refractivity contribution in [2.45, 2.75) is 18.7 Å². The molecule has 5 heteroatoms. The van der Waals surface area contributed by atoms with E-state index in [-0.39, 0.29) is 0 Å². The number of anilines is 1. The predicted octanol–water partition coefficient (Wildman–Crippen LogP) is 3.11. The maximum atomic E-state index is 5.98. The zero-order valence-corrected chi connectivity index (χ0v) is 13.0. The average Bonchev–Trinajstić information content (AvgIpc) is 2.88. The van der Waals surface area contributed by atoms with Crippen LogP contribution in [0.2, 0.25) is 0 Å². The van der Waals surface area contributed by atoms with Crippen molar-refractivity contribution >= 4 is 33.3 Å². The largest absolute Gasteiger partial charge is 0.358 e. The van der Waals surface area contributed by atoms with Gasteiger partial charge in [0.05, 0.1) is 5.88 Å². The van der Waals surface area contributed by atoms with Crippen LogP contribution in [0, 0.1) is 0 Å². The number of aromatic nitrogens is 1. The monoisotopic (exact) mass is 331 g/mol. The van der Waals surface area contributed by atoms with Crippen molar-refractivity contribution < 1.29 is 0 Å². The molecule has 0 amide bonds. The minimum atomic E-state index is 0.496. The van der Waals surface area contributed by atoms with Crippen molar-refractivity contribution in [3.05, 3.63) is 22.3 Å². The van der Waals surface area contributed by atoms with Gasteiger partial charge in [0, 0.05) is 36.4 Å². The van der Waals surface area contributed by atoms with Gasteiger partial charge in [-0.15, -0.1) is 11.6 Å². The van der Waals surface area contributed by atoms with Gasteiger partial charge in [-0.1, -0.05) is 0 Å². The molecule has 0 unspecified atom stereocenters. The normalized spacial score (nSPS) is 16.2. The fourth-order valence-electron chi connectivity index (χ4n) is 2.32. The highest BCUT2D eigenvalue weighted by molar-refractivity contribution is 9.10. The fraction of sp³-hybridized carbons (Fsp3) is 0.615. The molecule has 1 saturated heterocycles. The van der Waals surface area contributed by atoms with Gasteiger partial charge in [0.1, 0.15) is 5.82 Å². The van der Waals surface area contributed by atoms with Gasteiger partial charge >= 0.3 is 0 Å². The molecule has 1 aromatic rings. The lowest BCUT2D eigenvalue weighted by molar-refractivity contribution is 0.346. The molecule has 1 aromatic heterocycles. The molecule has 0 radical (unpaired) electrons. The number of hydrogen-bond donors (Lipinski definition) is 0. The summed E-state index contributed by atoms with van der Waals surface area (Å²) in [6.07, 6.45) is 4.51. The van der Waals surface area contributed by atoms with E-state index in [0.29, 0.717) is 5.88 Å². The standard InChI is InChI=1S/C13H19BrClN3/c1-17(6-7-18-4-2-3-5-18)13-11(9-15)8-12(14)10-16-13/h8,10H,2-7,9H2,1H3. The Morgan fingerprint density at radius 1 is 1.44 bits per heavy atom. The summed E-state index contributed by atoms with van der Waals surface area (Å²) < 4.78 is 0.981. The smallest absolute Gasteiger partial charge is 0.132 e. The first kappa shape index (κ1) is 14.1. The van der Waals surface area contributed by atoms with Crippen LogP contribution in [-0.4, -0.2) is 43.1 Å². The third-order valence-corrected chi connectivity index (χ3v) is 4.09. The van der Waals surface area contributed by atoms with Crippen LogP contribution in [-0.2, 0) is 5.88 Å². The Hall–Kier alpha value is -0.320. The number of pyridine rings is 1. The fourth-order valence-corrected chi connectivity index (χ4v) is 2.89. The molecule has 0 bridgehead atoms. The summed E-state index contributed by atoms with van der Waals surface area (Å²) in [6.45, 7) is 4.59. The molecule has 1 aliphatic rings. The highest BCUT2D eigenvalue weighted by atomic mass is 79.9. The van der Waals surface area contributed by atoms with E-state index in [1.165, 1.54) is 25.9 Å². The summed E-state index contributed by atoms with van der Waals surface area (Å²) in [5.74, 6) is 1.49. The van der Waals surface area contributed by atoms with Crippen molar-refractivity contribution in [2.24, 2.45) is 0 Å². The SMILES string of the molecule is CN(CCN1CCCC1)c1ncc(Br)cc1CCl. The molecule has 0 aromatic carbocycles. The Labute approximate surface area is 122 Å². The Bertz CT molecular complexity index is 394. The molecule has 0 spiro atoms. The maximum Gasteiger partial charge on any atom is 0.132 e. The summed E-state index contributed by atoms with van der Waals surface area (Å²) in [5, 5.41) is 0. The van der Waals surface area contributed by atoms with Crippen molar-refractivity contribution in [3.8, 4) is 0 Å². The van der Waals surface area contributed by atoms with E-state index < -0.39 is 0 Å². The minimum absolute atomic E-state index is 0.496. The molecule has 2 heterocycles. The second-order valence-corrected chi connectivity index (χ2v) is 5.92. The first-order valence-electron chi connectivity index (χ1n) is 6.34. The number of hydrogen-bond acceptors (Lipinski definition) is 3. The summed E-state index contributed by atoms with van der Waals surface area (Å²) >= 11 is 9.41. The van der Waals surface area contributed by atoms with Gasteiger partial charge in [-0.3, -0.25) is 0 Å². The van der Waals surface area contributed by atoms with E-state index >= 15 is 0 Å². The van der Waals surface area contributed by atoms with E-state index in [1.54, 1.807) is 0 Å². The van der Waals surface area contributed by atoms with Crippen LogP contribution in [0.1, 0.15) is 18.4 Å². The summed E-state index contributed by atoms with van der Waals surface area (Å²) in [7, 11) is 2.09. The highest BCUT2D eigenvalue weighted by Crippen LogP contribution is 2.22. The number of halogens is 2. The molecule has 1 fully saturated rings. The van der Waals surface area contributed by atoms with E-state index in [9.17, 15) is 0 Å². The topological polar surface area (TPSA) is 19.4 Å². The number of likely N-dealkylation sites (tertiary alicyclic amines) is 1. The van der Waals surface area contributed by atoms with E-state index in [0.717, 1.165) is 28.9 Å². The molecule has 0 aliphatic carbocycles. The van der Waals surface area contributed by atoms with Crippen molar-refractivity contribution in [1.82, 2.24) is 9.88 Å². The predicted molar refractivity (Wildman–Crippen MR) is 80.4 cm³/mol. The number of nitrogens with zero attached hydrogens (tertiary/aromatic N) is 3. The van der Waals surface area contributed by atoms with Crippen LogP contribution >= 0.6 is 27.5 Å². The minimum Gasteiger partial charge on any atom is -0.358 e. The number of alkyl halides is 1. The van der Waals surface area contributed by atoms with Crippen LogP contribution in [0.15, 0.2) is 16.7 Å². The second kappa shape index (κ2) is 6.73. The Balaban J connectivity index is 1.96. The quantitative estimate of drug-likeness (QED) is 0.772. The van der Waals surface area contributed by atoms with Gasteiger partial charge in [-0.05, 0) is 47.9 Å². The van der Waals surface area contributed by atoms with Gasteiger partial charge < -0.3 is 9.80 Å². The molecule has 0 atom stereocenters. The first-order valence-corrected chi connectivity index (χ1v) is 7.67. The molecule has 2 rings (SSSR count). The van der Waals surface area contributed by atoms with Crippen LogP contribution in [0.4, 0.5) is 5.82 Å². The molecule has 3 nitrogen and oxygen atoms in total. The highest BCUT2D eigenvalue weighted by Gasteiger charge is 2.14. The summed E-state index contributed by atoms with van der Waals surface area (Å²) in [6, 6.07) is 2.04. The van der Waals surface area contributed by atoms with Crippen LogP contribution < -0.4 is 4.90 Å². The zero-order valence-electron chi connectivity index (χ0n) is 10.7. The van der Waals surface area contributed by atoms with E-state index in [4.69, 9.17) is 11.6 Å². The lowest BCUT2D eigenvalue weighted by Crippen LogP contribution is -2.32. The molecular formula is C13H19BrClN3. The average molecular weight is 333 g/mol. The molecule has 1 aliphatic heterocycles. The van der Waals surface area contributed by atoms with E-state index in [1.807, 2.05) is 12.3 Å². The van der Waals surface area contributed by atoms with Gasteiger partial charge in [-0.25, -0.2) is 4.98 Å². The lowest BCUT2D eigenvalue weighted by Gasteiger charge is -2.23. The van der Waals surface area contributed by atoms with Crippen molar-refractivity contribution in [2.75, 3.05) is 38.1 Å². The van der Waals surface area contributed by atoms with Gasteiger partial charge in [0.25, 0.3) is 0 Å². The third kappa shape index (κ3) is 3.59. The summed E-state index contributed by atoms with van der Waals surface area (Å²) in [4.78, 5) is 9.18. The van der Waals surface area contributed by atoms with Crippen molar-refractivity contribution in [3.63, 3.8) is 0 Å². The van der Waals surface area contributed by atoms with Crippen molar-refractivity contribution in [1.29, 1.82) is 0 Å². The summed E-state index contributed by atoms with van der Waals surface area (Å²) in [5.41, 5.74) is 1.08. The van der Waals surface area contributed by atoms with E-state index in [2.05, 4.69) is 37.8 Å². The Kier molecular flexibility index (Phi) is 5.27. The third-order valence-electron chi connectivity index (χ3n) is 3.37. The molecule has 0 N–H and O–H groups in total. The number of rotatable bonds is 5. The van der Waals surface area contributed by atoms with Gasteiger partial charge in [0.15, 0.2) is 0 Å². The first-order chi connectivity index (χ1) is 8.70. The van der Waals surface area contributed by atoms with Crippen LogP contribution in [0.5, 0.6) is 0 Å². The Morgan fingerprint density at radius 2 is 2.17 bits per heavy atom. The van der Waals surface area contributed by atoms with Crippen LogP contribution in [0.3, 0.4) is 0 Å².